The summed E-state index contributed by atoms with van der Waals surface area (Å²) in [5.41, 5.74) is 0.237. The Balaban J connectivity index is 2.14. The van der Waals surface area contributed by atoms with Crippen LogP contribution in [0.5, 0.6) is 0 Å². The predicted octanol–water partition coefficient (Wildman–Crippen LogP) is 3.29. The third-order valence-corrected chi connectivity index (χ3v) is 4.59. The van der Waals surface area contributed by atoms with Gasteiger partial charge in [-0.3, -0.25) is 4.79 Å². The molecule has 0 aliphatic carbocycles. The van der Waals surface area contributed by atoms with Gasteiger partial charge in [0, 0.05) is 13.1 Å². The van der Waals surface area contributed by atoms with Gasteiger partial charge in [-0.25, -0.2) is 4.79 Å². The fraction of sp³-hybridized carbons (Fsp3) is 0.550. The minimum atomic E-state index is -0.693. The molecule has 1 aromatic rings. The van der Waals surface area contributed by atoms with Crippen LogP contribution in [0.15, 0.2) is 24.3 Å². The van der Waals surface area contributed by atoms with Crippen LogP contribution < -0.4 is 0 Å². The molecule has 1 fully saturated rings. The van der Waals surface area contributed by atoms with E-state index in [0.29, 0.717) is 37.9 Å². The van der Waals surface area contributed by atoms with Crippen LogP contribution in [0.2, 0.25) is 0 Å². The molecule has 26 heavy (non-hydrogen) atoms. The maximum absolute atomic E-state index is 12.5. The Hall–Kier alpha value is -2.55. The number of nitriles is 1. The van der Waals surface area contributed by atoms with Crippen LogP contribution in [0.3, 0.4) is 0 Å². The van der Waals surface area contributed by atoms with Crippen molar-refractivity contribution in [2.45, 2.75) is 45.6 Å². The number of carbonyl (C=O) groups excluding carboxylic acids is 2. The number of nitrogens with zero attached hydrogens (tertiary/aromatic N) is 2. The minimum Gasteiger partial charge on any atom is -0.469 e. The van der Waals surface area contributed by atoms with E-state index in [0.717, 1.165) is 5.56 Å². The highest BCUT2D eigenvalue weighted by atomic mass is 16.6. The lowest BCUT2D eigenvalue weighted by atomic mass is 9.73. The van der Waals surface area contributed by atoms with E-state index >= 15 is 0 Å². The number of likely N-dealkylation sites (tertiary alicyclic amines) is 1. The first-order valence-corrected chi connectivity index (χ1v) is 8.74. The molecule has 1 aliphatic rings. The van der Waals surface area contributed by atoms with Gasteiger partial charge in [0.05, 0.1) is 24.2 Å². The van der Waals surface area contributed by atoms with Gasteiger partial charge in [0.15, 0.2) is 0 Å². The molecule has 2 rings (SSSR count). The number of methoxy groups -OCH3 is 1. The van der Waals surface area contributed by atoms with Crippen LogP contribution in [-0.2, 0) is 20.7 Å². The van der Waals surface area contributed by atoms with Crippen LogP contribution in [-0.4, -0.2) is 42.8 Å². The first-order valence-electron chi connectivity index (χ1n) is 8.74. The average Bonchev–Trinajstić information content (AvgIpc) is 2.60. The molecule has 1 amide bonds. The molecule has 0 spiro atoms. The number of benzene rings is 1. The second-order valence-corrected chi connectivity index (χ2v) is 7.73. The van der Waals surface area contributed by atoms with Crippen molar-refractivity contribution in [1.82, 2.24) is 4.90 Å². The molecule has 0 saturated carbocycles. The molecule has 1 saturated heterocycles. The van der Waals surface area contributed by atoms with E-state index in [1.807, 2.05) is 32.9 Å². The number of ether oxygens (including phenoxy) is 2. The van der Waals surface area contributed by atoms with E-state index < -0.39 is 11.0 Å². The topological polar surface area (TPSA) is 79.6 Å². The van der Waals surface area contributed by atoms with Gasteiger partial charge in [-0.2, -0.15) is 5.26 Å². The van der Waals surface area contributed by atoms with Gasteiger partial charge < -0.3 is 14.4 Å². The molecule has 0 bridgehead atoms. The Morgan fingerprint density at radius 2 is 1.92 bits per heavy atom. The molecule has 0 atom stereocenters. The summed E-state index contributed by atoms with van der Waals surface area (Å²) in [5, 5.41) is 9.08. The van der Waals surface area contributed by atoms with Gasteiger partial charge in [0.25, 0.3) is 0 Å². The van der Waals surface area contributed by atoms with E-state index in [-0.39, 0.29) is 12.1 Å². The van der Waals surface area contributed by atoms with Crippen LogP contribution in [0.1, 0.15) is 44.7 Å². The monoisotopic (exact) mass is 358 g/mol. The second kappa shape index (κ2) is 7.77. The third kappa shape index (κ3) is 4.75. The summed E-state index contributed by atoms with van der Waals surface area (Å²) in [7, 11) is 1.38. The number of hydrogen-bond donors (Lipinski definition) is 0. The molecule has 0 aromatic heterocycles. The molecule has 0 radical (unpaired) electrons. The lowest BCUT2D eigenvalue weighted by Gasteiger charge is -2.40. The third-order valence-electron chi connectivity index (χ3n) is 4.59. The average molecular weight is 358 g/mol. The molecule has 140 valence electrons. The number of rotatable bonds is 3. The molecule has 1 heterocycles. The standard InChI is InChI=1S/C20H26N2O4/c1-19(2,3)26-18(24)22-10-8-20(9-11-22,17(23)25-4)13-15-6-5-7-16(12-15)14-21/h5-7,12H,8-11,13H2,1-4H3. The first-order chi connectivity index (χ1) is 12.2. The minimum absolute atomic E-state index is 0.274. The highest BCUT2D eigenvalue weighted by Crippen LogP contribution is 2.37. The van der Waals surface area contributed by atoms with Crippen LogP contribution >= 0.6 is 0 Å². The Bertz CT molecular complexity index is 707. The van der Waals surface area contributed by atoms with Gasteiger partial charge in [0.2, 0.25) is 0 Å². The zero-order valence-electron chi connectivity index (χ0n) is 15.9. The van der Waals surface area contributed by atoms with Gasteiger partial charge in [-0.05, 0) is 57.7 Å². The van der Waals surface area contributed by atoms with Crippen LogP contribution in [0.4, 0.5) is 4.79 Å². The van der Waals surface area contributed by atoms with E-state index in [9.17, 15) is 9.59 Å². The van der Waals surface area contributed by atoms with Gasteiger partial charge in [-0.15, -0.1) is 0 Å². The van der Waals surface area contributed by atoms with Gasteiger partial charge >= 0.3 is 12.1 Å². The summed E-state index contributed by atoms with van der Waals surface area (Å²) in [6.07, 6.45) is 1.12. The largest absolute Gasteiger partial charge is 0.469 e. The predicted molar refractivity (Wildman–Crippen MR) is 96.4 cm³/mol. The van der Waals surface area contributed by atoms with E-state index in [1.54, 1.807) is 17.0 Å². The lowest BCUT2D eigenvalue weighted by molar-refractivity contribution is -0.155. The molecular weight excluding hydrogens is 332 g/mol. The van der Waals surface area contributed by atoms with E-state index in [4.69, 9.17) is 14.7 Å². The van der Waals surface area contributed by atoms with Gasteiger partial charge in [-0.1, -0.05) is 12.1 Å². The van der Waals surface area contributed by atoms with Crippen molar-refractivity contribution < 1.29 is 19.1 Å². The van der Waals surface area contributed by atoms with Crippen molar-refractivity contribution in [2.24, 2.45) is 5.41 Å². The van der Waals surface area contributed by atoms with Crippen molar-refractivity contribution >= 4 is 12.1 Å². The second-order valence-electron chi connectivity index (χ2n) is 7.73. The SMILES string of the molecule is COC(=O)C1(Cc2cccc(C#N)c2)CCN(C(=O)OC(C)(C)C)CC1. The number of amides is 1. The Morgan fingerprint density at radius 3 is 2.46 bits per heavy atom. The van der Waals surface area contributed by atoms with Crippen molar-refractivity contribution in [3.8, 4) is 6.07 Å². The summed E-state index contributed by atoms with van der Waals surface area (Å²) in [6, 6.07) is 9.37. The van der Waals surface area contributed by atoms with Crippen molar-refractivity contribution in [3.05, 3.63) is 35.4 Å². The normalized spacial score (nSPS) is 16.5. The number of carbonyl (C=O) groups is 2. The quantitative estimate of drug-likeness (QED) is 0.775. The van der Waals surface area contributed by atoms with Crippen LogP contribution in [0, 0.1) is 16.7 Å². The number of esters is 1. The summed E-state index contributed by atoms with van der Waals surface area (Å²) in [5.74, 6) is -0.274. The Labute approximate surface area is 154 Å². The highest BCUT2D eigenvalue weighted by molar-refractivity contribution is 5.78. The fourth-order valence-electron chi connectivity index (χ4n) is 3.25. The molecule has 0 N–H and O–H groups in total. The highest BCUT2D eigenvalue weighted by Gasteiger charge is 2.44. The van der Waals surface area contributed by atoms with Gasteiger partial charge in [0.1, 0.15) is 5.60 Å². The summed E-state index contributed by atoms with van der Waals surface area (Å²) in [6.45, 7) is 6.35. The zero-order chi connectivity index (χ0) is 19.4. The van der Waals surface area contributed by atoms with Crippen molar-refractivity contribution in [1.29, 1.82) is 5.26 Å². The summed E-state index contributed by atoms with van der Waals surface area (Å²) < 4.78 is 10.5. The lowest BCUT2D eigenvalue weighted by Crippen LogP contribution is -2.49. The maximum Gasteiger partial charge on any atom is 0.410 e. The first kappa shape index (κ1) is 19.8. The summed E-state index contributed by atoms with van der Waals surface area (Å²) >= 11 is 0. The molecule has 1 aliphatic heterocycles. The summed E-state index contributed by atoms with van der Waals surface area (Å²) in [4.78, 5) is 26.4. The van der Waals surface area contributed by atoms with Crippen molar-refractivity contribution in [3.63, 3.8) is 0 Å². The molecular formula is C20H26N2O4. The van der Waals surface area contributed by atoms with E-state index in [2.05, 4.69) is 6.07 Å². The fourth-order valence-corrected chi connectivity index (χ4v) is 3.25. The molecule has 0 unspecified atom stereocenters. The maximum atomic E-state index is 12.5. The molecule has 6 nitrogen and oxygen atoms in total. The van der Waals surface area contributed by atoms with E-state index in [1.165, 1.54) is 7.11 Å². The Kier molecular flexibility index (Phi) is 5.91. The Morgan fingerprint density at radius 1 is 1.27 bits per heavy atom. The molecule has 6 heteroatoms. The zero-order valence-corrected chi connectivity index (χ0v) is 15.9. The molecule has 1 aromatic carbocycles. The number of piperidine rings is 1. The smallest absolute Gasteiger partial charge is 0.410 e. The van der Waals surface area contributed by atoms with Crippen LogP contribution in [0.25, 0.3) is 0 Å². The van der Waals surface area contributed by atoms with Crippen molar-refractivity contribution in [2.75, 3.05) is 20.2 Å². The number of hydrogen-bond acceptors (Lipinski definition) is 5.